The van der Waals surface area contributed by atoms with Gasteiger partial charge in [0, 0.05) is 16.1 Å². The summed E-state index contributed by atoms with van der Waals surface area (Å²) in [6.07, 6.45) is 1.56. The van der Waals surface area contributed by atoms with Crippen LogP contribution in [0.15, 0.2) is 59.2 Å². The number of halogens is 3. The fourth-order valence-electron chi connectivity index (χ4n) is 2.15. The van der Waals surface area contributed by atoms with Gasteiger partial charge >= 0.3 is 0 Å². The lowest BCUT2D eigenvalue weighted by Gasteiger charge is -2.09. The highest BCUT2D eigenvalue weighted by atomic mass is 79.9. The first-order valence-corrected chi connectivity index (χ1v) is 7.85. The molecule has 0 aliphatic carbocycles. The highest BCUT2D eigenvalue weighted by Crippen LogP contribution is 2.15. The Bertz CT molecular complexity index is 878. The summed E-state index contributed by atoms with van der Waals surface area (Å²) in [5, 5.41) is 6.82. The molecule has 0 unspecified atom stereocenters. The average molecular weight is 392 g/mol. The molecule has 0 spiro atoms. The highest BCUT2D eigenvalue weighted by Gasteiger charge is 2.12. The number of carbonyl (C=O) groups is 1. The zero-order valence-corrected chi connectivity index (χ0v) is 13.9. The molecule has 4 nitrogen and oxygen atoms in total. The minimum atomic E-state index is -1.06. The van der Waals surface area contributed by atoms with Crippen molar-refractivity contribution in [2.45, 2.75) is 6.54 Å². The Labute approximate surface area is 145 Å². The van der Waals surface area contributed by atoms with Gasteiger partial charge in [0.15, 0.2) is 11.6 Å². The minimum Gasteiger partial charge on any atom is -0.307 e. The summed E-state index contributed by atoms with van der Waals surface area (Å²) in [5.74, 6) is -2.13. The Balaban J connectivity index is 1.76. The standard InChI is InChI=1S/C17H12BrF2N3O/c18-13-4-1-11(2-5-13)10-23-16(7-8-21-23)22-17(24)12-3-6-14(19)15(20)9-12/h1-9H,10H2,(H,22,24). The molecule has 2 aromatic carbocycles. The van der Waals surface area contributed by atoms with Gasteiger partial charge in [-0.1, -0.05) is 28.1 Å². The summed E-state index contributed by atoms with van der Waals surface area (Å²) in [7, 11) is 0. The summed E-state index contributed by atoms with van der Waals surface area (Å²) >= 11 is 3.37. The average Bonchev–Trinajstić information content (AvgIpc) is 2.99. The number of hydrogen-bond donors (Lipinski definition) is 1. The molecule has 0 atom stereocenters. The van der Waals surface area contributed by atoms with E-state index >= 15 is 0 Å². The summed E-state index contributed by atoms with van der Waals surface area (Å²) in [5.41, 5.74) is 1.04. The number of benzene rings is 2. The lowest BCUT2D eigenvalue weighted by Crippen LogP contribution is -2.16. The van der Waals surface area contributed by atoms with E-state index in [9.17, 15) is 13.6 Å². The molecule has 122 valence electrons. The van der Waals surface area contributed by atoms with Crippen molar-refractivity contribution in [3.8, 4) is 0 Å². The zero-order chi connectivity index (χ0) is 17.1. The van der Waals surface area contributed by atoms with E-state index in [2.05, 4.69) is 26.3 Å². The van der Waals surface area contributed by atoms with Crippen LogP contribution in [-0.4, -0.2) is 15.7 Å². The third kappa shape index (κ3) is 3.68. The summed E-state index contributed by atoms with van der Waals surface area (Å²) in [6, 6.07) is 12.3. The molecule has 0 saturated carbocycles. The molecular formula is C17H12BrF2N3O. The molecule has 0 bridgehead atoms. The molecule has 0 radical (unpaired) electrons. The number of amides is 1. The molecule has 24 heavy (non-hydrogen) atoms. The largest absolute Gasteiger partial charge is 0.307 e. The van der Waals surface area contributed by atoms with Crippen LogP contribution in [0.4, 0.5) is 14.6 Å². The Hall–Kier alpha value is -2.54. The van der Waals surface area contributed by atoms with E-state index < -0.39 is 17.5 Å². The molecule has 0 saturated heterocycles. The van der Waals surface area contributed by atoms with E-state index in [1.807, 2.05) is 24.3 Å². The fourth-order valence-corrected chi connectivity index (χ4v) is 2.42. The monoisotopic (exact) mass is 391 g/mol. The second-order valence-electron chi connectivity index (χ2n) is 5.08. The predicted molar refractivity (Wildman–Crippen MR) is 89.8 cm³/mol. The first-order valence-electron chi connectivity index (χ1n) is 7.05. The van der Waals surface area contributed by atoms with Gasteiger partial charge in [-0.3, -0.25) is 4.79 Å². The van der Waals surface area contributed by atoms with E-state index in [4.69, 9.17) is 0 Å². The summed E-state index contributed by atoms with van der Waals surface area (Å²) < 4.78 is 28.8. The van der Waals surface area contributed by atoms with E-state index in [0.717, 1.165) is 22.2 Å². The maximum Gasteiger partial charge on any atom is 0.256 e. The van der Waals surface area contributed by atoms with Gasteiger partial charge < -0.3 is 5.32 Å². The van der Waals surface area contributed by atoms with Gasteiger partial charge in [0.25, 0.3) is 5.91 Å². The molecule has 1 heterocycles. The van der Waals surface area contributed by atoms with E-state index in [1.54, 1.807) is 16.9 Å². The maximum absolute atomic E-state index is 13.2. The van der Waals surface area contributed by atoms with Crippen molar-refractivity contribution >= 4 is 27.7 Å². The van der Waals surface area contributed by atoms with Gasteiger partial charge in [-0.25, -0.2) is 13.5 Å². The smallest absolute Gasteiger partial charge is 0.256 e. The van der Waals surface area contributed by atoms with E-state index in [0.29, 0.717) is 12.4 Å². The van der Waals surface area contributed by atoms with Crippen LogP contribution in [-0.2, 0) is 6.54 Å². The van der Waals surface area contributed by atoms with Crippen LogP contribution in [0, 0.1) is 11.6 Å². The SMILES string of the molecule is O=C(Nc1ccnn1Cc1ccc(Br)cc1)c1ccc(F)c(F)c1. The second kappa shape index (κ2) is 6.92. The van der Waals surface area contributed by atoms with Crippen LogP contribution < -0.4 is 5.32 Å². The van der Waals surface area contributed by atoms with Crippen molar-refractivity contribution in [1.29, 1.82) is 0 Å². The first-order chi connectivity index (χ1) is 11.5. The molecular weight excluding hydrogens is 380 g/mol. The molecule has 0 fully saturated rings. The third-order valence-corrected chi connectivity index (χ3v) is 3.91. The molecule has 3 aromatic rings. The number of aromatic nitrogens is 2. The third-order valence-electron chi connectivity index (χ3n) is 3.39. The summed E-state index contributed by atoms with van der Waals surface area (Å²) in [6.45, 7) is 0.466. The van der Waals surface area contributed by atoms with Gasteiger partial charge in [0.05, 0.1) is 12.7 Å². The molecule has 1 N–H and O–H groups in total. The second-order valence-corrected chi connectivity index (χ2v) is 6.00. The van der Waals surface area contributed by atoms with Crippen LogP contribution in [0.5, 0.6) is 0 Å². The highest BCUT2D eigenvalue weighted by molar-refractivity contribution is 9.10. The van der Waals surface area contributed by atoms with Gasteiger partial charge in [-0.05, 0) is 35.9 Å². The number of nitrogens with zero attached hydrogens (tertiary/aromatic N) is 2. The van der Waals surface area contributed by atoms with Crippen LogP contribution >= 0.6 is 15.9 Å². The Morgan fingerprint density at radius 1 is 1.08 bits per heavy atom. The summed E-state index contributed by atoms with van der Waals surface area (Å²) in [4.78, 5) is 12.2. The first kappa shape index (κ1) is 16.3. The van der Waals surface area contributed by atoms with Crippen molar-refractivity contribution in [3.05, 3.63) is 82.0 Å². The molecule has 0 aliphatic heterocycles. The topological polar surface area (TPSA) is 46.9 Å². The van der Waals surface area contributed by atoms with Crippen LogP contribution in [0.25, 0.3) is 0 Å². The lowest BCUT2D eigenvalue weighted by molar-refractivity contribution is 0.102. The van der Waals surface area contributed by atoms with E-state index in [-0.39, 0.29) is 5.56 Å². The number of carbonyl (C=O) groups excluding carboxylic acids is 1. The van der Waals surface area contributed by atoms with E-state index in [1.165, 1.54) is 6.07 Å². The number of nitrogens with one attached hydrogen (secondary N) is 1. The zero-order valence-electron chi connectivity index (χ0n) is 12.3. The van der Waals surface area contributed by atoms with Gasteiger partial charge in [-0.2, -0.15) is 5.10 Å². The van der Waals surface area contributed by atoms with Crippen LogP contribution in [0.2, 0.25) is 0 Å². The number of hydrogen-bond acceptors (Lipinski definition) is 2. The van der Waals surface area contributed by atoms with Gasteiger partial charge in [0.1, 0.15) is 5.82 Å². The van der Waals surface area contributed by atoms with Crippen LogP contribution in [0.1, 0.15) is 15.9 Å². The Morgan fingerprint density at radius 2 is 1.83 bits per heavy atom. The quantitative estimate of drug-likeness (QED) is 0.723. The normalized spacial score (nSPS) is 10.6. The van der Waals surface area contributed by atoms with Crippen molar-refractivity contribution in [2.24, 2.45) is 0 Å². The fraction of sp³-hybridized carbons (Fsp3) is 0.0588. The van der Waals surface area contributed by atoms with Crippen LogP contribution in [0.3, 0.4) is 0 Å². The molecule has 7 heteroatoms. The molecule has 0 aliphatic rings. The molecule has 1 aromatic heterocycles. The number of rotatable bonds is 4. The Morgan fingerprint density at radius 3 is 2.54 bits per heavy atom. The molecule has 1 amide bonds. The number of anilines is 1. The minimum absolute atomic E-state index is 0.0327. The Kier molecular flexibility index (Phi) is 4.71. The van der Waals surface area contributed by atoms with Crippen molar-refractivity contribution in [1.82, 2.24) is 9.78 Å². The maximum atomic E-state index is 13.2. The molecule has 3 rings (SSSR count). The van der Waals surface area contributed by atoms with Crippen molar-refractivity contribution in [2.75, 3.05) is 5.32 Å². The van der Waals surface area contributed by atoms with Gasteiger partial charge in [-0.15, -0.1) is 0 Å². The van der Waals surface area contributed by atoms with Crippen molar-refractivity contribution in [3.63, 3.8) is 0 Å². The van der Waals surface area contributed by atoms with Crippen molar-refractivity contribution < 1.29 is 13.6 Å². The predicted octanol–water partition coefficient (Wildman–Crippen LogP) is 4.22. The van der Waals surface area contributed by atoms with Gasteiger partial charge in [0.2, 0.25) is 0 Å². The lowest BCUT2D eigenvalue weighted by atomic mass is 10.2.